The first-order valence-electron chi connectivity index (χ1n) is 17.0. The van der Waals surface area contributed by atoms with Crippen LogP contribution in [-0.2, 0) is 25.7 Å². The lowest BCUT2D eigenvalue weighted by molar-refractivity contribution is 0.682. The van der Waals surface area contributed by atoms with Gasteiger partial charge in [-0.1, -0.05) is 140 Å². The molecule has 0 unspecified atom stereocenters. The molecular formula is C44H40P2. The van der Waals surface area contributed by atoms with Crippen LogP contribution in [0.4, 0.5) is 0 Å². The summed E-state index contributed by atoms with van der Waals surface area (Å²) < 4.78 is 0. The van der Waals surface area contributed by atoms with Crippen LogP contribution in [0.3, 0.4) is 0 Å². The predicted molar refractivity (Wildman–Crippen MR) is 203 cm³/mol. The molecule has 0 saturated heterocycles. The van der Waals surface area contributed by atoms with Gasteiger partial charge in [-0.05, 0) is 133 Å². The summed E-state index contributed by atoms with van der Waals surface area (Å²) in [7, 11) is -1.63. The summed E-state index contributed by atoms with van der Waals surface area (Å²) in [5, 5.41) is 8.86. The van der Waals surface area contributed by atoms with Gasteiger partial charge in [0.1, 0.15) is 0 Å². The first kappa shape index (κ1) is 29.6. The monoisotopic (exact) mass is 630 g/mol. The summed E-state index contributed by atoms with van der Waals surface area (Å²) in [6.07, 6.45) is 9.86. The zero-order valence-corrected chi connectivity index (χ0v) is 28.2. The van der Waals surface area contributed by atoms with Crippen molar-refractivity contribution >= 4 is 47.7 Å². The summed E-state index contributed by atoms with van der Waals surface area (Å²) in [4.78, 5) is 0. The molecule has 0 radical (unpaired) electrons. The molecule has 46 heavy (non-hydrogen) atoms. The Labute approximate surface area is 277 Å². The van der Waals surface area contributed by atoms with E-state index in [1.54, 1.807) is 38.4 Å². The minimum atomic E-state index is -0.837. The van der Waals surface area contributed by atoms with Gasteiger partial charge in [0, 0.05) is 5.30 Å². The second-order valence-corrected chi connectivity index (χ2v) is 17.0. The summed E-state index contributed by atoms with van der Waals surface area (Å²) in [6.45, 7) is 0. The molecule has 2 aliphatic rings. The lowest BCUT2D eigenvalue weighted by Gasteiger charge is -2.34. The molecule has 6 aromatic rings. The van der Waals surface area contributed by atoms with E-state index in [-0.39, 0.29) is 0 Å². The van der Waals surface area contributed by atoms with Crippen molar-refractivity contribution < 1.29 is 0 Å². The minimum absolute atomic E-state index is 0.797. The van der Waals surface area contributed by atoms with E-state index in [9.17, 15) is 0 Å². The van der Waals surface area contributed by atoms with E-state index in [4.69, 9.17) is 0 Å². The molecule has 2 aliphatic carbocycles. The van der Waals surface area contributed by atoms with Crippen LogP contribution in [-0.4, -0.2) is 0 Å². The molecule has 0 fully saturated rings. The fourth-order valence-corrected chi connectivity index (χ4v) is 13.3. The van der Waals surface area contributed by atoms with E-state index >= 15 is 0 Å². The normalized spacial score (nSPS) is 14.2. The second-order valence-electron chi connectivity index (χ2n) is 12.6. The SMILES string of the molecule is c1ccc(P(c2ccccc2)c2cc3c(c(-c4cccc5c4CCCC5)c2P(c2ccccc2)c2ccccc2)CCCC3)cc1. The highest BCUT2D eigenvalue weighted by atomic mass is 31.1. The van der Waals surface area contributed by atoms with Crippen LogP contribution in [0.15, 0.2) is 146 Å². The lowest BCUT2D eigenvalue weighted by atomic mass is 9.81. The Morgan fingerprint density at radius 1 is 0.370 bits per heavy atom. The third-order valence-electron chi connectivity index (χ3n) is 9.79. The fraction of sp³-hybridized carbons (Fsp3) is 0.182. The molecule has 0 atom stereocenters. The fourth-order valence-electron chi connectivity index (χ4n) is 7.72. The van der Waals surface area contributed by atoms with Gasteiger partial charge in [-0.25, -0.2) is 0 Å². The van der Waals surface area contributed by atoms with Crippen molar-refractivity contribution in [1.82, 2.24) is 0 Å². The Kier molecular flexibility index (Phi) is 8.68. The van der Waals surface area contributed by atoms with Crippen molar-refractivity contribution in [1.29, 1.82) is 0 Å². The molecule has 0 saturated carbocycles. The molecule has 226 valence electrons. The largest absolute Gasteiger partial charge is 0.0622 e. The highest BCUT2D eigenvalue weighted by Crippen LogP contribution is 2.46. The van der Waals surface area contributed by atoms with Gasteiger partial charge in [0.25, 0.3) is 0 Å². The first-order chi connectivity index (χ1) is 22.9. The number of fused-ring (bicyclic) bond motifs is 2. The number of aryl methyl sites for hydroxylation is 2. The number of rotatable bonds is 7. The van der Waals surface area contributed by atoms with E-state index < -0.39 is 15.8 Å². The van der Waals surface area contributed by atoms with Crippen LogP contribution in [0.5, 0.6) is 0 Å². The van der Waals surface area contributed by atoms with E-state index in [2.05, 4.69) is 146 Å². The van der Waals surface area contributed by atoms with Gasteiger partial charge < -0.3 is 0 Å². The zero-order valence-electron chi connectivity index (χ0n) is 26.4. The number of hydrogen-bond donors (Lipinski definition) is 0. The quantitative estimate of drug-likeness (QED) is 0.155. The molecule has 0 bridgehead atoms. The average Bonchev–Trinajstić information content (AvgIpc) is 3.13. The highest BCUT2D eigenvalue weighted by molar-refractivity contribution is 7.85. The lowest BCUT2D eigenvalue weighted by Crippen LogP contribution is -2.38. The van der Waals surface area contributed by atoms with Crippen LogP contribution in [0.25, 0.3) is 11.1 Å². The Bertz CT molecular complexity index is 1850. The van der Waals surface area contributed by atoms with Crippen LogP contribution in [0.2, 0.25) is 0 Å². The van der Waals surface area contributed by atoms with Crippen LogP contribution in [0.1, 0.15) is 47.9 Å². The zero-order chi connectivity index (χ0) is 30.7. The highest BCUT2D eigenvalue weighted by Gasteiger charge is 2.33. The molecule has 2 heteroatoms. The number of hydrogen-bond acceptors (Lipinski definition) is 0. The van der Waals surface area contributed by atoms with Gasteiger partial charge >= 0.3 is 0 Å². The Hall–Kier alpha value is -3.82. The van der Waals surface area contributed by atoms with E-state index in [0.29, 0.717) is 0 Å². The van der Waals surface area contributed by atoms with Gasteiger partial charge in [-0.3, -0.25) is 0 Å². The summed E-state index contributed by atoms with van der Waals surface area (Å²) in [6, 6.07) is 55.6. The van der Waals surface area contributed by atoms with Crippen molar-refractivity contribution in [2.45, 2.75) is 51.4 Å². The third-order valence-corrected chi connectivity index (χ3v) is 15.0. The van der Waals surface area contributed by atoms with Crippen molar-refractivity contribution in [2.75, 3.05) is 0 Å². The van der Waals surface area contributed by atoms with Crippen molar-refractivity contribution in [3.8, 4) is 11.1 Å². The maximum atomic E-state index is 2.69. The Morgan fingerprint density at radius 3 is 1.37 bits per heavy atom. The summed E-state index contributed by atoms with van der Waals surface area (Å²) in [5.41, 5.74) is 9.48. The topological polar surface area (TPSA) is 0 Å². The molecule has 0 heterocycles. The van der Waals surface area contributed by atoms with Gasteiger partial charge in [0.05, 0.1) is 0 Å². The van der Waals surface area contributed by atoms with Gasteiger partial charge in [-0.15, -0.1) is 0 Å². The van der Waals surface area contributed by atoms with Gasteiger partial charge in [0.15, 0.2) is 0 Å². The molecule has 0 N–H and O–H groups in total. The van der Waals surface area contributed by atoms with Crippen molar-refractivity contribution in [2.24, 2.45) is 0 Å². The molecule has 0 spiro atoms. The molecule has 0 aliphatic heterocycles. The molecule has 8 rings (SSSR count). The third kappa shape index (κ3) is 5.68. The van der Waals surface area contributed by atoms with E-state index in [1.807, 2.05) is 0 Å². The number of benzene rings is 6. The minimum Gasteiger partial charge on any atom is -0.0622 e. The van der Waals surface area contributed by atoms with Gasteiger partial charge in [0.2, 0.25) is 0 Å². The average molecular weight is 631 g/mol. The molecule has 0 aromatic heterocycles. The maximum Gasteiger partial charge on any atom is 0.00141 e. The molecule has 0 amide bonds. The first-order valence-corrected chi connectivity index (χ1v) is 19.7. The molecular weight excluding hydrogens is 590 g/mol. The van der Waals surface area contributed by atoms with E-state index in [1.165, 1.54) is 78.1 Å². The Morgan fingerprint density at radius 2 is 0.826 bits per heavy atom. The van der Waals surface area contributed by atoms with Crippen LogP contribution < -0.4 is 31.8 Å². The molecule has 0 nitrogen and oxygen atoms in total. The standard InChI is InChI=1S/C44H40P2/c1-5-21-35(22-6-1)45(36-23-7-2-8-24-36)42-32-34-19-14-16-30-40(34)43(41-31-17-20-33-18-13-15-29-39(33)41)44(42)46(37-25-9-3-10-26-37)38-27-11-4-12-28-38/h1-12,17,20-28,31-32H,13-16,18-19,29-30H2. The van der Waals surface area contributed by atoms with Gasteiger partial charge in [-0.2, -0.15) is 0 Å². The smallest absolute Gasteiger partial charge is 0.00141 e. The predicted octanol–water partition coefficient (Wildman–Crippen LogP) is 8.63. The summed E-state index contributed by atoms with van der Waals surface area (Å²) >= 11 is 0. The van der Waals surface area contributed by atoms with Crippen LogP contribution >= 0.6 is 15.8 Å². The second kappa shape index (κ2) is 13.5. The summed E-state index contributed by atoms with van der Waals surface area (Å²) in [5.74, 6) is 0. The van der Waals surface area contributed by atoms with Crippen molar-refractivity contribution in [3.63, 3.8) is 0 Å². The maximum absolute atomic E-state index is 2.69. The van der Waals surface area contributed by atoms with E-state index in [0.717, 1.165) is 0 Å². The Balaban J connectivity index is 1.54. The van der Waals surface area contributed by atoms with Crippen molar-refractivity contribution in [3.05, 3.63) is 168 Å². The molecule has 6 aromatic carbocycles. The van der Waals surface area contributed by atoms with Crippen LogP contribution in [0, 0.1) is 0 Å².